The fraction of sp³-hybridized carbons (Fsp3) is 0.188. The molecule has 122 valence electrons. The van der Waals surface area contributed by atoms with Crippen molar-refractivity contribution in [2.45, 2.75) is 5.92 Å². The van der Waals surface area contributed by atoms with Gasteiger partial charge in [0.25, 0.3) is 0 Å². The van der Waals surface area contributed by atoms with Crippen molar-refractivity contribution in [3.63, 3.8) is 0 Å². The lowest BCUT2D eigenvalue weighted by molar-refractivity contribution is 0.147. The number of carbonyl (C=O) groups is 1. The number of rotatable bonds is 3. The third-order valence-electron chi connectivity index (χ3n) is 3.80. The summed E-state index contributed by atoms with van der Waals surface area (Å²) in [5.74, 6) is 1.52. The highest BCUT2D eigenvalue weighted by Crippen LogP contribution is 2.28. The standard InChI is InChI=1S/C16H13ClN4O3/c17-11-3-5-12(6-4-11)18-16(22)21-8-10(9-21)15-19-14(20-24-15)13-2-1-7-23-13/h1-7,10H,8-9H2,(H,18,22). The summed E-state index contributed by atoms with van der Waals surface area (Å²) in [7, 11) is 0. The molecule has 8 heteroatoms. The molecule has 1 N–H and O–H groups in total. The molecule has 0 unspecified atom stereocenters. The van der Waals surface area contributed by atoms with Gasteiger partial charge >= 0.3 is 6.03 Å². The quantitative estimate of drug-likeness (QED) is 0.784. The van der Waals surface area contributed by atoms with Crippen molar-refractivity contribution in [2.75, 3.05) is 18.4 Å². The van der Waals surface area contributed by atoms with E-state index >= 15 is 0 Å². The van der Waals surface area contributed by atoms with Gasteiger partial charge in [0.1, 0.15) is 0 Å². The Kier molecular flexibility index (Phi) is 3.70. The van der Waals surface area contributed by atoms with Crippen molar-refractivity contribution < 1.29 is 13.7 Å². The van der Waals surface area contributed by atoms with E-state index < -0.39 is 0 Å². The summed E-state index contributed by atoms with van der Waals surface area (Å²) in [5, 5.41) is 7.34. The van der Waals surface area contributed by atoms with E-state index in [0.29, 0.717) is 41.3 Å². The first-order valence-electron chi connectivity index (χ1n) is 7.38. The highest BCUT2D eigenvalue weighted by atomic mass is 35.5. The van der Waals surface area contributed by atoms with E-state index in [1.165, 1.54) is 0 Å². The second kappa shape index (κ2) is 6.01. The van der Waals surface area contributed by atoms with E-state index in [1.54, 1.807) is 47.6 Å². The lowest BCUT2D eigenvalue weighted by Gasteiger charge is -2.36. The molecule has 1 aliphatic rings. The molecule has 0 saturated carbocycles. The maximum atomic E-state index is 12.1. The molecule has 1 fully saturated rings. The zero-order valence-electron chi connectivity index (χ0n) is 12.5. The van der Waals surface area contributed by atoms with Crippen LogP contribution in [-0.2, 0) is 0 Å². The van der Waals surface area contributed by atoms with Gasteiger partial charge in [0.05, 0.1) is 12.2 Å². The minimum Gasteiger partial charge on any atom is -0.461 e. The average molecular weight is 345 g/mol. The maximum Gasteiger partial charge on any atom is 0.321 e. The van der Waals surface area contributed by atoms with Gasteiger partial charge in [-0.1, -0.05) is 16.8 Å². The molecule has 2 aromatic heterocycles. The number of nitrogens with one attached hydrogen (secondary N) is 1. The molecule has 2 amide bonds. The second-order valence-electron chi connectivity index (χ2n) is 5.47. The molecule has 7 nitrogen and oxygen atoms in total. The molecule has 0 atom stereocenters. The first-order valence-corrected chi connectivity index (χ1v) is 7.76. The van der Waals surface area contributed by atoms with Crippen LogP contribution in [0.2, 0.25) is 5.02 Å². The number of carbonyl (C=O) groups excluding carboxylic acids is 1. The number of hydrogen-bond donors (Lipinski definition) is 1. The Bertz CT molecular complexity index is 839. The van der Waals surface area contributed by atoms with Gasteiger partial charge in [0.2, 0.25) is 11.7 Å². The molecule has 0 bridgehead atoms. The molecule has 0 radical (unpaired) electrons. The molecule has 0 aliphatic carbocycles. The fourth-order valence-electron chi connectivity index (χ4n) is 2.44. The first-order chi connectivity index (χ1) is 11.7. The minimum atomic E-state index is -0.167. The number of nitrogens with zero attached hydrogens (tertiary/aromatic N) is 3. The van der Waals surface area contributed by atoms with Gasteiger partial charge in [-0.2, -0.15) is 4.98 Å². The highest BCUT2D eigenvalue weighted by Gasteiger charge is 2.35. The Balaban J connectivity index is 1.34. The predicted octanol–water partition coefficient (Wildman–Crippen LogP) is 3.61. The van der Waals surface area contributed by atoms with Crippen LogP contribution >= 0.6 is 11.6 Å². The third kappa shape index (κ3) is 2.85. The molecule has 0 spiro atoms. The summed E-state index contributed by atoms with van der Waals surface area (Å²) in [6.45, 7) is 1.05. The lowest BCUT2D eigenvalue weighted by atomic mass is 10.0. The molecule has 3 heterocycles. The maximum absolute atomic E-state index is 12.1. The number of halogens is 1. The van der Waals surface area contributed by atoms with Gasteiger partial charge in [-0.05, 0) is 36.4 Å². The molecule has 1 aromatic carbocycles. The number of anilines is 1. The van der Waals surface area contributed by atoms with Crippen LogP contribution in [0.1, 0.15) is 11.8 Å². The van der Waals surface area contributed by atoms with Crippen molar-refractivity contribution in [2.24, 2.45) is 0 Å². The van der Waals surface area contributed by atoms with Crippen LogP contribution < -0.4 is 5.32 Å². The number of furan rings is 1. The van der Waals surface area contributed by atoms with Crippen molar-refractivity contribution in [1.29, 1.82) is 0 Å². The third-order valence-corrected chi connectivity index (χ3v) is 4.05. The van der Waals surface area contributed by atoms with E-state index in [4.69, 9.17) is 20.5 Å². The average Bonchev–Trinajstić information content (AvgIpc) is 3.19. The summed E-state index contributed by atoms with van der Waals surface area (Å²) in [6.07, 6.45) is 1.55. The molecule has 4 rings (SSSR count). The zero-order chi connectivity index (χ0) is 16.5. The summed E-state index contributed by atoms with van der Waals surface area (Å²) in [6, 6.07) is 10.3. The Morgan fingerprint density at radius 3 is 2.75 bits per heavy atom. The van der Waals surface area contributed by atoms with E-state index in [9.17, 15) is 4.79 Å². The van der Waals surface area contributed by atoms with Crippen LogP contribution in [0.3, 0.4) is 0 Å². The molecule has 1 saturated heterocycles. The molecule has 3 aromatic rings. The molecular weight excluding hydrogens is 332 g/mol. The van der Waals surface area contributed by atoms with E-state index in [0.717, 1.165) is 0 Å². The number of aromatic nitrogens is 2. The van der Waals surface area contributed by atoms with Gasteiger partial charge in [0, 0.05) is 23.8 Å². The van der Waals surface area contributed by atoms with E-state index in [2.05, 4.69) is 15.5 Å². The lowest BCUT2D eigenvalue weighted by Crippen LogP contribution is -2.50. The number of amides is 2. The normalized spacial score (nSPS) is 14.5. The van der Waals surface area contributed by atoms with Crippen molar-refractivity contribution >= 4 is 23.3 Å². The van der Waals surface area contributed by atoms with Gasteiger partial charge in [-0.3, -0.25) is 0 Å². The van der Waals surface area contributed by atoms with Crippen molar-refractivity contribution in [3.05, 3.63) is 53.6 Å². The zero-order valence-corrected chi connectivity index (χ0v) is 13.2. The number of hydrogen-bond acceptors (Lipinski definition) is 5. The molecule has 24 heavy (non-hydrogen) atoms. The monoisotopic (exact) mass is 344 g/mol. The summed E-state index contributed by atoms with van der Waals surface area (Å²) < 4.78 is 10.5. The Morgan fingerprint density at radius 2 is 2.04 bits per heavy atom. The van der Waals surface area contributed by atoms with Gasteiger partial charge in [0.15, 0.2) is 5.76 Å². The van der Waals surface area contributed by atoms with Gasteiger partial charge < -0.3 is 19.2 Å². The van der Waals surface area contributed by atoms with Gasteiger partial charge in [-0.15, -0.1) is 0 Å². The first kappa shape index (κ1) is 14.8. The number of urea groups is 1. The van der Waals surface area contributed by atoms with Crippen molar-refractivity contribution in [3.8, 4) is 11.6 Å². The summed E-state index contributed by atoms with van der Waals surface area (Å²) >= 11 is 5.82. The van der Waals surface area contributed by atoms with E-state index in [1.807, 2.05) is 0 Å². The van der Waals surface area contributed by atoms with Crippen LogP contribution in [0, 0.1) is 0 Å². The van der Waals surface area contributed by atoms with Gasteiger partial charge in [-0.25, -0.2) is 4.79 Å². The summed E-state index contributed by atoms with van der Waals surface area (Å²) in [4.78, 5) is 18.1. The summed E-state index contributed by atoms with van der Waals surface area (Å²) in [5.41, 5.74) is 0.700. The number of likely N-dealkylation sites (tertiary alicyclic amines) is 1. The largest absolute Gasteiger partial charge is 0.461 e. The van der Waals surface area contributed by atoms with Crippen LogP contribution in [0.25, 0.3) is 11.6 Å². The molecule has 1 aliphatic heterocycles. The topological polar surface area (TPSA) is 84.4 Å². The van der Waals surface area contributed by atoms with E-state index in [-0.39, 0.29) is 11.9 Å². The Morgan fingerprint density at radius 1 is 1.25 bits per heavy atom. The predicted molar refractivity (Wildman–Crippen MR) is 86.8 cm³/mol. The minimum absolute atomic E-state index is 0.0391. The molecular formula is C16H13ClN4O3. The van der Waals surface area contributed by atoms with Crippen LogP contribution in [0.4, 0.5) is 10.5 Å². The van der Waals surface area contributed by atoms with Crippen LogP contribution in [-0.4, -0.2) is 34.2 Å². The van der Waals surface area contributed by atoms with Crippen LogP contribution in [0.15, 0.2) is 51.6 Å². The van der Waals surface area contributed by atoms with Crippen LogP contribution in [0.5, 0.6) is 0 Å². The smallest absolute Gasteiger partial charge is 0.321 e. The van der Waals surface area contributed by atoms with Crippen molar-refractivity contribution in [1.82, 2.24) is 15.0 Å². The Hall–Kier alpha value is -2.80. The SMILES string of the molecule is O=C(Nc1ccc(Cl)cc1)N1CC(c2nc(-c3ccco3)no2)C1. The highest BCUT2D eigenvalue weighted by molar-refractivity contribution is 6.30. The second-order valence-corrected chi connectivity index (χ2v) is 5.91. The Labute approximate surface area is 142 Å². The fourth-order valence-corrected chi connectivity index (χ4v) is 2.57. The number of benzene rings is 1.